The first-order valence-corrected chi connectivity index (χ1v) is 6.01. The van der Waals surface area contributed by atoms with Crippen molar-refractivity contribution in [1.82, 2.24) is 14.7 Å². The molecule has 2 aromatic rings. The molecule has 3 rings (SSSR count). The molecular formula is C12H12ClN3O. The van der Waals surface area contributed by atoms with Gasteiger partial charge in [0.15, 0.2) is 0 Å². The Labute approximate surface area is 103 Å². The first-order chi connectivity index (χ1) is 8.24. The van der Waals surface area contributed by atoms with Gasteiger partial charge in [0.1, 0.15) is 5.65 Å². The maximum Gasteiger partial charge on any atom is 0.258 e. The topological polar surface area (TPSA) is 46.4 Å². The fourth-order valence-electron chi connectivity index (χ4n) is 2.21. The molecule has 0 bridgehead atoms. The maximum atomic E-state index is 12.0. The van der Waals surface area contributed by atoms with Gasteiger partial charge in [0.25, 0.3) is 5.56 Å². The third kappa shape index (κ3) is 1.94. The van der Waals surface area contributed by atoms with E-state index in [-0.39, 0.29) is 5.56 Å². The Balaban J connectivity index is 2.17. The molecule has 0 radical (unpaired) electrons. The van der Waals surface area contributed by atoms with Crippen LogP contribution >= 0.6 is 11.6 Å². The summed E-state index contributed by atoms with van der Waals surface area (Å²) in [5.41, 5.74) is 1.46. The molecule has 3 heterocycles. The molecule has 1 saturated heterocycles. The van der Waals surface area contributed by atoms with Gasteiger partial charge in [-0.1, -0.05) is 11.6 Å². The lowest BCUT2D eigenvalue weighted by molar-refractivity contribution is 0.730. The second kappa shape index (κ2) is 4.13. The van der Waals surface area contributed by atoms with Crippen LogP contribution in [0.5, 0.6) is 0 Å². The van der Waals surface area contributed by atoms with Crippen molar-refractivity contribution in [3.63, 3.8) is 0 Å². The van der Waals surface area contributed by atoms with Crippen molar-refractivity contribution in [2.75, 3.05) is 13.1 Å². The van der Waals surface area contributed by atoms with Crippen molar-refractivity contribution in [2.24, 2.45) is 0 Å². The summed E-state index contributed by atoms with van der Waals surface area (Å²) in [6, 6.07) is 5.14. The summed E-state index contributed by atoms with van der Waals surface area (Å²) in [5.74, 6) is 0.350. The first-order valence-electron chi connectivity index (χ1n) is 5.63. The van der Waals surface area contributed by atoms with Gasteiger partial charge in [-0.2, -0.15) is 0 Å². The van der Waals surface area contributed by atoms with E-state index in [2.05, 4.69) is 10.3 Å². The van der Waals surface area contributed by atoms with Gasteiger partial charge in [0, 0.05) is 24.7 Å². The number of rotatable bonds is 1. The van der Waals surface area contributed by atoms with Gasteiger partial charge in [-0.25, -0.2) is 4.98 Å². The van der Waals surface area contributed by atoms with Crippen molar-refractivity contribution in [3.8, 4) is 0 Å². The molecule has 1 aliphatic heterocycles. The minimum atomic E-state index is -0.0700. The Kier molecular flexibility index (Phi) is 2.61. The zero-order valence-electron chi connectivity index (χ0n) is 9.19. The Morgan fingerprint density at radius 2 is 2.35 bits per heavy atom. The number of fused-ring (bicyclic) bond motifs is 1. The summed E-state index contributed by atoms with van der Waals surface area (Å²) < 4.78 is 1.48. The van der Waals surface area contributed by atoms with Gasteiger partial charge >= 0.3 is 0 Å². The molecule has 1 unspecified atom stereocenters. The van der Waals surface area contributed by atoms with Crippen LogP contribution in [0.15, 0.2) is 29.2 Å². The second-order valence-electron chi connectivity index (χ2n) is 4.28. The lowest BCUT2D eigenvalue weighted by Gasteiger charge is -2.09. The summed E-state index contributed by atoms with van der Waals surface area (Å²) in [4.78, 5) is 16.5. The average Bonchev–Trinajstić information content (AvgIpc) is 2.83. The van der Waals surface area contributed by atoms with E-state index in [1.807, 2.05) is 0 Å². The van der Waals surface area contributed by atoms with Crippen LogP contribution in [0.3, 0.4) is 0 Å². The van der Waals surface area contributed by atoms with Crippen molar-refractivity contribution in [2.45, 2.75) is 12.3 Å². The number of hydrogen-bond donors (Lipinski definition) is 1. The molecule has 5 heteroatoms. The van der Waals surface area contributed by atoms with Crippen LogP contribution in [-0.2, 0) is 0 Å². The largest absolute Gasteiger partial charge is 0.316 e. The Hall–Kier alpha value is -1.39. The number of hydrogen-bond acceptors (Lipinski definition) is 3. The van der Waals surface area contributed by atoms with E-state index in [1.54, 1.807) is 24.4 Å². The molecule has 0 saturated carbocycles. The molecule has 2 aromatic heterocycles. The molecule has 88 valence electrons. The summed E-state index contributed by atoms with van der Waals surface area (Å²) in [5, 5.41) is 3.82. The third-order valence-corrected chi connectivity index (χ3v) is 3.35. The van der Waals surface area contributed by atoms with E-state index < -0.39 is 0 Å². The van der Waals surface area contributed by atoms with E-state index in [0.717, 1.165) is 25.2 Å². The molecule has 1 N–H and O–H groups in total. The molecule has 17 heavy (non-hydrogen) atoms. The predicted molar refractivity (Wildman–Crippen MR) is 66.7 cm³/mol. The summed E-state index contributed by atoms with van der Waals surface area (Å²) in [6.45, 7) is 1.89. The standard InChI is InChI=1S/C12H12ClN3O/c13-9-1-2-11-15-10(8-3-4-14-6-8)5-12(17)16(11)7-9/h1-2,5,7-8,14H,3-4,6H2. The lowest BCUT2D eigenvalue weighted by atomic mass is 10.1. The molecule has 0 aromatic carbocycles. The first kappa shape index (κ1) is 10.7. The van der Waals surface area contributed by atoms with E-state index in [9.17, 15) is 4.79 Å². The zero-order valence-corrected chi connectivity index (χ0v) is 9.94. The Bertz CT molecular complexity index is 617. The van der Waals surface area contributed by atoms with Gasteiger partial charge < -0.3 is 5.32 Å². The Morgan fingerprint density at radius 3 is 3.12 bits per heavy atom. The van der Waals surface area contributed by atoms with Crippen molar-refractivity contribution in [3.05, 3.63) is 45.5 Å². The molecule has 0 amide bonds. The van der Waals surface area contributed by atoms with Crippen molar-refractivity contribution < 1.29 is 0 Å². The lowest BCUT2D eigenvalue weighted by Crippen LogP contribution is -2.18. The minimum absolute atomic E-state index is 0.0700. The highest BCUT2D eigenvalue weighted by molar-refractivity contribution is 6.30. The van der Waals surface area contributed by atoms with E-state index in [1.165, 1.54) is 4.40 Å². The van der Waals surface area contributed by atoms with Gasteiger partial charge in [0.05, 0.1) is 10.7 Å². The molecule has 0 aliphatic carbocycles. The van der Waals surface area contributed by atoms with Crippen LogP contribution in [0.2, 0.25) is 5.02 Å². The van der Waals surface area contributed by atoms with Crippen LogP contribution in [0.4, 0.5) is 0 Å². The van der Waals surface area contributed by atoms with E-state index >= 15 is 0 Å². The van der Waals surface area contributed by atoms with Gasteiger partial charge in [-0.15, -0.1) is 0 Å². The summed E-state index contributed by atoms with van der Waals surface area (Å²) in [7, 11) is 0. The van der Waals surface area contributed by atoms with Crippen LogP contribution in [0, 0.1) is 0 Å². The third-order valence-electron chi connectivity index (χ3n) is 3.12. The maximum absolute atomic E-state index is 12.0. The number of nitrogens with zero attached hydrogens (tertiary/aromatic N) is 2. The molecule has 4 nitrogen and oxygen atoms in total. The molecular weight excluding hydrogens is 238 g/mol. The number of nitrogens with one attached hydrogen (secondary N) is 1. The number of aromatic nitrogens is 2. The monoisotopic (exact) mass is 249 g/mol. The Morgan fingerprint density at radius 1 is 1.47 bits per heavy atom. The van der Waals surface area contributed by atoms with Crippen molar-refractivity contribution in [1.29, 1.82) is 0 Å². The van der Waals surface area contributed by atoms with Crippen LogP contribution in [0.1, 0.15) is 18.0 Å². The molecule has 1 atom stereocenters. The second-order valence-corrected chi connectivity index (χ2v) is 4.72. The minimum Gasteiger partial charge on any atom is -0.316 e. The molecule has 1 fully saturated rings. The predicted octanol–water partition coefficient (Wildman–Crippen LogP) is 1.42. The zero-order chi connectivity index (χ0) is 11.8. The van der Waals surface area contributed by atoms with E-state index in [0.29, 0.717) is 16.6 Å². The van der Waals surface area contributed by atoms with Gasteiger partial charge in [0.2, 0.25) is 0 Å². The van der Waals surface area contributed by atoms with Crippen LogP contribution in [0.25, 0.3) is 5.65 Å². The smallest absolute Gasteiger partial charge is 0.258 e. The van der Waals surface area contributed by atoms with Gasteiger partial charge in [-0.3, -0.25) is 9.20 Å². The highest BCUT2D eigenvalue weighted by Gasteiger charge is 2.19. The van der Waals surface area contributed by atoms with Gasteiger partial charge in [-0.05, 0) is 25.1 Å². The molecule has 0 spiro atoms. The highest BCUT2D eigenvalue weighted by Crippen LogP contribution is 2.19. The summed E-state index contributed by atoms with van der Waals surface area (Å²) in [6.07, 6.45) is 2.64. The van der Waals surface area contributed by atoms with E-state index in [4.69, 9.17) is 11.6 Å². The average molecular weight is 250 g/mol. The normalized spacial score (nSPS) is 19.9. The van der Waals surface area contributed by atoms with Crippen molar-refractivity contribution >= 4 is 17.2 Å². The number of pyridine rings is 1. The van der Waals surface area contributed by atoms with Crippen LogP contribution < -0.4 is 10.9 Å². The highest BCUT2D eigenvalue weighted by atomic mass is 35.5. The molecule has 1 aliphatic rings. The number of halogens is 1. The summed E-state index contributed by atoms with van der Waals surface area (Å²) >= 11 is 5.86. The fourth-order valence-corrected chi connectivity index (χ4v) is 2.37. The SMILES string of the molecule is O=c1cc(C2CCNC2)nc2ccc(Cl)cn12. The van der Waals surface area contributed by atoms with Crippen LogP contribution in [-0.4, -0.2) is 22.5 Å². The fraction of sp³-hybridized carbons (Fsp3) is 0.333. The quantitative estimate of drug-likeness (QED) is 0.832.